The zero-order valence-electron chi connectivity index (χ0n) is 19.0. The standard InChI is InChI=1S/C27H25ClN2O3/c1-16-15-22-19(12-13-21(30-22)20-7-5-6-14-29-20)24(17-8-10-18(28)11-9-17)23(16)25(26(31)32)33-27(2,3)4/h5-15,25H,1-4H3,(H,31,32). The number of halogens is 1. The number of carboxylic acids is 1. The van der Waals surface area contributed by atoms with E-state index in [1.807, 2.05) is 76.2 Å². The number of aromatic nitrogens is 2. The molecule has 0 fully saturated rings. The van der Waals surface area contributed by atoms with E-state index in [0.29, 0.717) is 10.6 Å². The van der Waals surface area contributed by atoms with Crippen molar-refractivity contribution in [3.05, 3.63) is 83.0 Å². The van der Waals surface area contributed by atoms with Gasteiger partial charge in [0, 0.05) is 22.2 Å². The average molecular weight is 461 g/mol. The molecule has 168 valence electrons. The van der Waals surface area contributed by atoms with Crippen molar-refractivity contribution in [2.24, 2.45) is 0 Å². The van der Waals surface area contributed by atoms with Gasteiger partial charge in [0.1, 0.15) is 0 Å². The van der Waals surface area contributed by atoms with Gasteiger partial charge < -0.3 is 9.84 Å². The van der Waals surface area contributed by atoms with Gasteiger partial charge in [-0.15, -0.1) is 0 Å². The number of ether oxygens (including phenoxy) is 1. The Labute approximate surface area is 198 Å². The van der Waals surface area contributed by atoms with Crippen molar-refractivity contribution in [1.29, 1.82) is 0 Å². The van der Waals surface area contributed by atoms with Crippen molar-refractivity contribution in [2.45, 2.75) is 39.4 Å². The second-order valence-corrected chi connectivity index (χ2v) is 9.35. The number of aliphatic carboxylic acids is 1. The molecule has 2 heterocycles. The largest absolute Gasteiger partial charge is 0.479 e. The lowest BCUT2D eigenvalue weighted by Gasteiger charge is -2.28. The van der Waals surface area contributed by atoms with Gasteiger partial charge in [0.25, 0.3) is 0 Å². The lowest BCUT2D eigenvalue weighted by molar-refractivity contribution is -0.160. The van der Waals surface area contributed by atoms with Gasteiger partial charge in [-0.2, -0.15) is 0 Å². The number of carbonyl (C=O) groups is 1. The molecule has 2 aromatic heterocycles. The van der Waals surface area contributed by atoms with Crippen LogP contribution >= 0.6 is 11.6 Å². The number of carboxylic acid groups (broad SMARTS) is 1. The molecule has 4 aromatic rings. The number of rotatable bonds is 5. The molecule has 0 aliphatic carbocycles. The third kappa shape index (κ3) is 4.90. The predicted molar refractivity (Wildman–Crippen MR) is 131 cm³/mol. The van der Waals surface area contributed by atoms with E-state index < -0.39 is 17.7 Å². The van der Waals surface area contributed by atoms with Crippen LogP contribution in [0.5, 0.6) is 0 Å². The summed E-state index contributed by atoms with van der Waals surface area (Å²) >= 11 is 6.14. The monoisotopic (exact) mass is 460 g/mol. The minimum atomic E-state index is -1.14. The summed E-state index contributed by atoms with van der Waals surface area (Å²) in [7, 11) is 0. The number of nitrogens with zero attached hydrogens (tertiary/aromatic N) is 2. The molecule has 0 radical (unpaired) electrons. The molecule has 1 N–H and O–H groups in total. The van der Waals surface area contributed by atoms with Crippen molar-refractivity contribution in [2.75, 3.05) is 0 Å². The Balaban J connectivity index is 2.02. The third-order valence-corrected chi connectivity index (χ3v) is 5.51. The topological polar surface area (TPSA) is 72.3 Å². The van der Waals surface area contributed by atoms with Crippen LogP contribution in [0.4, 0.5) is 0 Å². The molecular weight excluding hydrogens is 436 g/mol. The number of benzene rings is 2. The van der Waals surface area contributed by atoms with Crippen LogP contribution in [0.3, 0.4) is 0 Å². The van der Waals surface area contributed by atoms with Crippen LogP contribution in [0.2, 0.25) is 5.02 Å². The van der Waals surface area contributed by atoms with E-state index in [4.69, 9.17) is 21.3 Å². The second kappa shape index (κ2) is 8.93. The molecule has 5 nitrogen and oxygen atoms in total. The van der Waals surface area contributed by atoms with Gasteiger partial charge in [-0.1, -0.05) is 29.8 Å². The molecular formula is C27H25ClN2O3. The first kappa shape index (κ1) is 22.9. The Morgan fingerprint density at radius 1 is 1.03 bits per heavy atom. The molecule has 1 unspecified atom stereocenters. The van der Waals surface area contributed by atoms with Crippen molar-refractivity contribution >= 4 is 28.5 Å². The first-order valence-electron chi connectivity index (χ1n) is 10.7. The Bertz CT molecular complexity index is 1310. The van der Waals surface area contributed by atoms with Gasteiger partial charge >= 0.3 is 5.97 Å². The van der Waals surface area contributed by atoms with E-state index in [0.717, 1.165) is 39.0 Å². The quantitative estimate of drug-likeness (QED) is 0.352. The molecule has 0 aliphatic heterocycles. The lowest BCUT2D eigenvalue weighted by Crippen LogP contribution is -2.28. The summed E-state index contributed by atoms with van der Waals surface area (Å²) in [5.41, 5.74) is 4.64. The summed E-state index contributed by atoms with van der Waals surface area (Å²) < 4.78 is 6.04. The fourth-order valence-electron chi connectivity index (χ4n) is 3.93. The predicted octanol–water partition coefficient (Wildman–Crippen LogP) is 6.87. The summed E-state index contributed by atoms with van der Waals surface area (Å²) in [6.07, 6.45) is 0.589. The smallest absolute Gasteiger partial charge is 0.337 e. The van der Waals surface area contributed by atoms with Gasteiger partial charge in [0.2, 0.25) is 0 Å². The van der Waals surface area contributed by atoms with E-state index >= 15 is 0 Å². The minimum Gasteiger partial charge on any atom is -0.479 e. The van der Waals surface area contributed by atoms with Crippen LogP contribution in [0.25, 0.3) is 33.4 Å². The molecule has 0 bridgehead atoms. The Morgan fingerprint density at radius 3 is 2.36 bits per heavy atom. The highest BCUT2D eigenvalue weighted by Crippen LogP contribution is 2.40. The number of hydrogen-bond donors (Lipinski definition) is 1. The molecule has 0 saturated carbocycles. The number of aryl methyl sites for hydroxylation is 1. The van der Waals surface area contributed by atoms with E-state index in [1.165, 1.54) is 0 Å². The van der Waals surface area contributed by atoms with Crippen molar-refractivity contribution in [3.63, 3.8) is 0 Å². The molecule has 0 spiro atoms. The van der Waals surface area contributed by atoms with Gasteiger partial charge in [-0.3, -0.25) is 4.98 Å². The number of hydrogen-bond acceptors (Lipinski definition) is 4. The fraction of sp³-hybridized carbons (Fsp3) is 0.222. The van der Waals surface area contributed by atoms with E-state index in [1.54, 1.807) is 18.3 Å². The van der Waals surface area contributed by atoms with Gasteiger partial charge in [-0.05, 0) is 86.8 Å². The summed E-state index contributed by atoms with van der Waals surface area (Å²) in [6, 6.07) is 18.9. The molecule has 1 atom stereocenters. The maximum Gasteiger partial charge on any atom is 0.337 e. The summed E-state index contributed by atoms with van der Waals surface area (Å²) in [6.45, 7) is 7.44. The Hall–Kier alpha value is -3.28. The van der Waals surface area contributed by atoms with Gasteiger partial charge in [-0.25, -0.2) is 9.78 Å². The molecule has 0 amide bonds. The maximum absolute atomic E-state index is 12.4. The Morgan fingerprint density at radius 2 is 1.76 bits per heavy atom. The first-order valence-corrected chi connectivity index (χ1v) is 11.0. The fourth-order valence-corrected chi connectivity index (χ4v) is 4.06. The van der Waals surface area contributed by atoms with Crippen molar-refractivity contribution < 1.29 is 14.6 Å². The van der Waals surface area contributed by atoms with Crippen LogP contribution in [0.15, 0.2) is 66.9 Å². The van der Waals surface area contributed by atoms with Crippen LogP contribution < -0.4 is 0 Å². The summed E-state index contributed by atoms with van der Waals surface area (Å²) in [5, 5.41) is 11.6. The maximum atomic E-state index is 12.4. The van der Waals surface area contributed by atoms with Crippen LogP contribution in [-0.2, 0) is 9.53 Å². The lowest BCUT2D eigenvalue weighted by atomic mass is 9.88. The van der Waals surface area contributed by atoms with Crippen LogP contribution in [-0.4, -0.2) is 26.6 Å². The van der Waals surface area contributed by atoms with Crippen molar-refractivity contribution in [3.8, 4) is 22.5 Å². The highest BCUT2D eigenvalue weighted by atomic mass is 35.5. The number of pyridine rings is 2. The molecule has 6 heteroatoms. The molecule has 2 aromatic carbocycles. The van der Waals surface area contributed by atoms with Gasteiger partial charge in [0.05, 0.1) is 22.5 Å². The highest BCUT2D eigenvalue weighted by molar-refractivity contribution is 6.30. The summed E-state index contributed by atoms with van der Waals surface area (Å²) in [5.74, 6) is -1.04. The third-order valence-electron chi connectivity index (χ3n) is 5.26. The van der Waals surface area contributed by atoms with Crippen molar-refractivity contribution in [1.82, 2.24) is 9.97 Å². The molecule has 0 saturated heterocycles. The second-order valence-electron chi connectivity index (χ2n) is 8.92. The van der Waals surface area contributed by atoms with E-state index in [-0.39, 0.29) is 0 Å². The average Bonchev–Trinajstić information content (AvgIpc) is 2.77. The summed E-state index contributed by atoms with van der Waals surface area (Å²) in [4.78, 5) is 21.6. The van der Waals surface area contributed by atoms with E-state index in [9.17, 15) is 9.90 Å². The zero-order valence-corrected chi connectivity index (χ0v) is 19.7. The molecule has 33 heavy (non-hydrogen) atoms. The van der Waals surface area contributed by atoms with Crippen LogP contribution in [0.1, 0.15) is 38.0 Å². The highest BCUT2D eigenvalue weighted by Gasteiger charge is 2.31. The first-order chi connectivity index (χ1) is 15.6. The minimum absolute atomic E-state index is 0.605. The van der Waals surface area contributed by atoms with E-state index in [2.05, 4.69) is 4.98 Å². The number of fused-ring (bicyclic) bond motifs is 1. The SMILES string of the molecule is Cc1cc2nc(-c3ccccn3)ccc2c(-c2ccc(Cl)cc2)c1C(OC(C)(C)C)C(=O)O. The normalized spacial score (nSPS) is 12.6. The van der Waals surface area contributed by atoms with Crippen LogP contribution in [0, 0.1) is 6.92 Å². The zero-order chi connectivity index (χ0) is 23.8. The molecule has 0 aliphatic rings. The molecule has 4 rings (SSSR count). The van der Waals surface area contributed by atoms with Gasteiger partial charge in [0.15, 0.2) is 6.10 Å². The Kier molecular flexibility index (Phi) is 6.19.